The van der Waals surface area contributed by atoms with Crippen LogP contribution < -0.4 is 10.6 Å². The number of hydrogen-bond acceptors (Lipinski definition) is 6. The van der Waals surface area contributed by atoms with Crippen LogP contribution in [0.15, 0.2) is 30.6 Å². The molecule has 0 radical (unpaired) electrons. The third-order valence-electron chi connectivity index (χ3n) is 6.50. The van der Waals surface area contributed by atoms with Gasteiger partial charge in [0.05, 0.1) is 24.4 Å². The molecule has 168 valence electrons. The van der Waals surface area contributed by atoms with E-state index in [2.05, 4.69) is 33.9 Å². The van der Waals surface area contributed by atoms with Crippen molar-refractivity contribution in [2.45, 2.75) is 38.1 Å². The zero-order valence-electron chi connectivity index (χ0n) is 18.7. The number of aromatic nitrogens is 3. The van der Waals surface area contributed by atoms with Gasteiger partial charge in [0.15, 0.2) is 5.82 Å². The van der Waals surface area contributed by atoms with E-state index in [0.29, 0.717) is 31.2 Å². The number of nitrogens with one attached hydrogen (secondary N) is 1. The quantitative estimate of drug-likeness (QED) is 0.618. The number of anilines is 2. The molecule has 32 heavy (non-hydrogen) atoms. The van der Waals surface area contributed by atoms with E-state index >= 15 is 0 Å². The number of fused-ring (bicyclic) bond motifs is 1. The molecule has 3 N–H and O–H groups in total. The van der Waals surface area contributed by atoms with Gasteiger partial charge >= 0.3 is 0 Å². The summed E-state index contributed by atoms with van der Waals surface area (Å²) in [7, 11) is 1.62. The molecule has 1 atom stereocenters. The molecule has 8 heteroatoms. The van der Waals surface area contributed by atoms with Gasteiger partial charge in [0.25, 0.3) is 0 Å². The maximum absolute atomic E-state index is 12.5. The maximum Gasteiger partial charge on any atom is 0.225 e. The van der Waals surface area contributed by atoms with Crippen LogP contribution in [0.1, 0.15) is 37.8 Å². The highest BCUT2D eigenvalue weighted by atomic mass is 16.5. The SMILES string of the molecule is COCCC(=O)N1CCN(c2nc(C3CC3)c(-c3cnc4[nH]ccc4c3)cc2N)C[C@H]1C. The Bertz CT molecular complexity index is 1140. The molecule has 2 fully saturated rings. The van der Waals surface area contributed by atoms with Gasteiger partial charge in [-0.2, -0.15) is 0 Å². The number of piperazine rings is 1. The number of hydrogen-bond donors (Lipinski definition) is 2. The van der Waals surface area contributed by atoms with Gasteiger partial charge in [-0.05, 0) is 38.0 Å². The highest BCUT2D eigenvalue weighted by Crippen LogP contribution is 2.45. The summed E-state index contributed by atoms with van der Waals surface area (Å²) in [6, 6.07) is 6.33. The van der Waals surface area contributed by atoms with Crippen molar-refractivity contribution in [3.05, 3.63) is 36.3 Å². The van der Waals surface area contributed by atoms with Gasteiger partial charge in [-0.3, -0.25) is 4.79 Å². The summed E-state index contributed by atoms with van der Waals surface area (Å²) in [5.41, 5.74) is 11.3. The average Bonchev–Trinajstić information content (AvgIpc) is 3.53. The summed E-state index contributed by atoms with van der Waals surface area (Å²) in [4.78, 5) is 29.5. The molecule has 1 saturated carbocycles. The Labute approximate surface area is 187 Å². The minimum atomic E-state index is 0.0959. The molecule has 3 aromatic heterocycles. The molecule has 0 spiro atoms. The largest absolute Gasteiger partial charge is 0.396 e. The first-order chi connectivity index (χ1) is 15.5. The third kappa shape index (κ3) is 3.90. The van der Waals surface area contributed by atoms with E-state index in [0.717, 1.165) is 59.6 Å². The second-order valence-electron chi connectivity index (χ2n) is 8.87. The van der Waals surface area contributed by atoms with E-state index in [4.69, 9.17) is 15.5 Å². The van der Waals surface area contributed by atoms with Gasteiger partial charge in [-0.25, -0.2) is 9.97 Å². The third-order valence-corrected chi connectivity index (χ3v) is 6.50. The van der Waals surface area contributed by atoms with E-state index in [-0.39, 0.29) is 11.9 Å². The van der Waals surface area contributed by atoms with Crippen molar-refractivity contribution in [3.63, 3.8) is 0 Å². The van der Waals surface area contributed by atoms with Crippen LogP contribution in [-0.2, 0) is 9.53 Å². The van der Waals surface area contributed by atoms with Gasteiger partial charge in [0.1, 0.15) is 5.65 Å². The van der Waals surface area contributed by atoms with Crippen LogP contribution in [0.3, 0.4) is 0 Å². The lowest BCUT2D eigenvalue weighted by Crippen LogP contribution is -2.54. The number of nitrogen functional groups attached to an aromatic ring is 1. The first-order valence-electron chi connectivity index (χ1n) is 11.3. The van der Waals surface area contributed by atoms with E-state index in [1.165, 1.54) is 0 Å². The van der Waals surface area contributed by atoms with Crippen molar-refractivity contribution in [1.29, 1.82) is 0 Å². The molecule has 3 aromatic rings. The fourth-order valence-electron chi connectivity index (χ4n) is 4.63. The van der Waals surface area contributed by atoms with E-state index in [1.54, 1.807) is 7.11 Å². The monoisotopic (exact) mass is 434 g/mol. The zero-order valence-corrected chi connectivity index (χ0v) is 18.7. The van der Waals surface area contributed by atoms with Crippen LogP contribution in [0.25, 0.3) is 22.2 Å². The molecule has 0 unspecified atom stereocenters. The standard InChI is InChI=1S/C24H30N6O2/c1-15-14-29(8-9-30(15)21(31)6-10-32-2)24-20(25)12-19(22(28-24)16-3-4-16)18-11-17-5-7-26-23(17)27-13-18/h5,7,11-13,15-16H,3-4,6,8-10,14,25H2,1-2H3,(H,26,27)/t15-/m1/s1. The summed E-state index contributed by atoms with van der Waals surface area (Å²) in [6.07, 6.45) is 6.52. The molecular formula is C24H30N6O2. The van der Waals surface area contributed by atoms with Crippen molar-refractivity contribution in [3.8, 4) is 11.1 Å². The summed E-state index contributed by atoms with van der Waals surface area (Å²) in [6.45, 7) is 4.65. The van der Waals surface area contributed by atoms with Crippen molar-refractivity contribution < 1.29 is 9.53 Å². The molecule has 0 aromatic carbocycles. The van der Waals surface area contributed by atoms with Gasteiger partial charge in [-0.15, -0.1) is 0 Å². The number of amides is 1. The Morgan fingerprint density at radius 2 is 2.16 bits per heavy atom. The molecule has 1 aliphatic carbocycles. The van der Waals surface area contributed by atoms with Crippen molar-refractivity contribution in [2.24, 2.45) is 0 Å². The number of aromatic amines is 1. The fraction of sp³-hybridized carbons (Fsp3) is 0.458. The first kappa shape index (κ1) is 20.8. The number of pyridine rings is 2. The normalized spacial score (nSPS) is 19.0. The minimum Gasteiger partial charge on any atom is -0.396 e. The Morgan fingerprint density at radius 1 is 1.31 bits per heavy atom. The van der Waals surface area contributed by atoms with Crippen LogP contribution in [0.5, 0.6) is 0 Å². The lowest BCUT2D eigenvalue weighted by Gasteiger charge is -2.41. The molecular weight excluding hydrogens is 404 g/mol. The van der Waals surface area contributed by atoms with Crippen LogP contribution >= 0.6 is 0 Å². The lowest BCUT2D eigenvalue weighted by molar-refractivity contribution is -0.134. The minimum absolute atomic E-state index is 0.0959. The van der Waals surface area contributed by atoms with Crippen molar-refractivity contribution in [2.75, 3.05) is 44.0 Å². The maximum atomic E-state index is 12.5. The number of nitrogens with two attached hydrogens (primary N) is 1. The van der Waals surface area contributed by atoms with E-state index < -0.39 is 0 Å². The van der Waals surface area contributed by atoms with Gasteiger partial charge in [0.2, 0.25) is 5.91 Å². The Kier molecular flexibility index (Phi) is 5.46. The predicted octanol–water partition coefficient (Wildman–Crippen LogP) is 3.16. The Hall–Kier alpha value is -3.13. The molecule has 5 rings (SSSR count). The fourth-order valence-corrected chi connectivity index (χ4v) is 4.63. The van der Waals surface area contributed by atoms with Gasteiger partial charge in [-0.1, -0.05) is 0 Å². The Morgan fingerprint density at radius 3 is 2.91 bits per heavy atom. The summed E-state index contributed by atoms with van der Waals surface area (Å²) < 4.78 is 5.06. The molecule has 2 aliphatic rings. The number of nitrogens with zero attached hydrogens (tertiary/aromatic N) is 4. The number of carbonyl (C=O) groups is 1. The summed E-state index contributed by atoms with van der Waals surface area (Å²) in [5, 5.41) is 1.08. The molecule has 1 amide bonds. The van der Waals surface area contributed by atoms with Crippen LogP contribution in [0.4, 0.5) is 11.5 Å². The second kappa shape index (κ2) is 8.43. The molecule has 1 saturated heterocycles. The van der Waals surface area contributed by atoms with Gasteiger partial charge < -0.3 is 25.3 Å². The smallest absolute Gasteiger partial charge is 0.225 e. The number of rotatable bonds is 6. The summed E-state index contributed by atoms with van der Waals surface area (Å²) >= 11 is 0. The highest BCUT2D eigenvalue weighted by Gasteiger charge is 2.32. The average molecular weight is 435 g/mol. The molecule has 8 nitrogen and oxygen atoms in total. The molecule has 0 bridgehead atoms. The highest BCUT2D eigenvalue weighted by molar-refractivity contribution is 5.84. The van der Waals surface area contributed by atoms with Crippen LogP contribution in [0.2, 0.25) is 0 Å². The zero-order chi connectivity index (χ0) is 22.2. The Balaban J connectivity index is 1.42. The number of H-pyrrole nitrogens is 1. The number of carbonyl (C=O) groups excluding carboxylic acids is 1. The topological polar surface area (TPSA) is 100 Å². The molecule has 1 aliphatic heterocycles. The number of ether oxygens (including phenoxy) is 1. The predicted molar refractivity (Wildman–Crippen MR) is 126 cm³/mol. The molecule has 4 heterocycles. The first-order valence-corrected chi connectivity index (χ1v) is 11.3. The second-order valence-corrected chi connectivity index (χ2v) is 8.87. The summed E-state index contributed by atoms with van der Waals surface area (Å²) in [5.74, 6) is 1.45. The van der Waals surface area contributed by atoms with Gasteiger partial charge in [0, 0.05) is 67.6 Å². The van der Waals surface area contributed by atoms with Crippen molar-refractivity contribution >= 4 is 28.4 Å². The van der Waals surface area contributed by atoms with Crippen LogP contribution in [-0.4, -0.2) is 65.2 Å². The van der Waals surface area contributed by atoms with E-state index in [9.17, 15) is 4.79 Å². The van der Waals surface area contributed by atoms with E-state index in [1.807, 2.05) is 23.4 Å². The van der Waals surface area contributed by atoms with Crippen molar-refractivity contribution in [1.82, 2.24) is 19.9 Å². The number of methoxy groups -OCH3 is 1. The lowest BCUT2D eigenvalue weighted by atomic mass is 10.0. The van der Waals surface area contributed by atoms with Crippen LogP contribution in [0, 0.1) is 0 Å².